The number of rotatable bonds is 3. The summed E-state index contributed by atoms with van der Waals surface area (Å²) in [5.74, 6) is 1.31. The fourth-order valence-electron chi connectivity index (χ4n) is 2.51. The van der Waals surface area contributed by atoms with E-state index in [-0.39, 0.29) is 5.92 Å². The lowest BCUT2D eigenvalue weighted by Crippen LogP contribution is -2.26. The fraction of sp³-hybridized carbons (Fsp3) is 0.750. The van der Waals surface area contributed by atoms with E-state index in [0.29, 0.717) is 11.8 Å². The molecule has 0 aromatic carbocycles. The van der Waals surface area contributed by atoms with Gasteiger partial charge in [-0.25, -0.2) is 0 Å². The Bertz CT molecular complexity index is 205. The minimum atomic E-state index is 0.267. The van der Waals surface area contributed by atoms with Gasteiger partial charge in [0.1, 0.15) is 6.29 Å². The van der Waals surface area contributed by atoms with Crippen LogP contribution in [-0.4, -0.2) is 6.29 Å². The molecule has 0 unspecified atom stereocenters. The third kappa shape index (κ3) is 2.43. The van der Waals surface area contributed by atoms with Crippen molar-refractivity contribution in [2.24, 2.45) is 17.8 Å². The number of carbonyl (C=O) groups is 1. The lowest BCUT2D eigenvalue weighted by molar-refractivity contribution is -0.113. The molecule has 0 amide bonds. The molecule has 1 nitrogen and oxygen atoms in total. The van der Waals surface area contributed by atoms with Gasteiger partial charge in [-0.1, -0.05) is 31.9 Å². The summed E-state index contributed by atoms with van der Waals surface area (Å²) in [6.45, 7) is 6.53. The molecule has 0 saturated heterocycles. The molecule has 74 valence electrons. The highest BCUT2D eigenvalue weighted by Gasteiger charge is 2.28. The minimum Gasteiger partial charge on any atom is -0.303 e. The van der Waals surface area contributed by atoms with E-state index in [1.165, 1.54) is 18.4 Å². The summed E-state index contributed by atoms with van der Waals surface area (Å²) in [5.41, 5.74) is 1.46. The van der Waals surface area contributed by atoms with Crippen molar-refractivity contribution >= 4 is 6.29 Å². The molecule has 0 N–H and O–H groups in total. The Balaban J connectivity index is 2.72. The van der Waals surface area contributed by atoms with Crippen LogP contribution in [0.4, 0.5) is 0 Å². The molecule has 1 aliphatic carbocycles. The van der Waals surface area contributed by atoms with E-state index >= 15 is 0 Å². The summed E-state index contributed by atoms with van der Waals surface area (Å²) >= 11 is 0. The Morgan fingerprint density at radius 2 is 2.31 bits per heavy atom. The maximum atomic E-state index is 10.9. The van der Waals surface area contributed by atoms with Crippen molar-refractivity contribution in [3.8, 4) is 0 Å². The van der Waals surface area contributed by atoms with Crippen LogP contribution in [0.2, 0.25) is 0 Å². The molecule has 0 fully saturated rings. The average Bonchev–Trinajstić information content (AvgIpc) is 2.04. The summed E-state index contributed by atoms with van der Waals surface area (Å²) in [5, 5.41) is 0. The first-order valence-electron chi connectivity index (χ1n) is 5.31. The van der Waals surface area contributed by atoms with Gasteiger partial charge in [-0.3, -0.25) is 0 Å². The van der Waals surface area contributed by atoms with Crippen LogP contribution in [0.3, 0.4) is 0 Å². The molecule has 13 heavy (non-hydrogen) atoms. The molecule has 0 aromatic heterocycles. The van der Waals surface area contributed by atoms with Crippen molar-refractivity contribution in [1.82, 2.24) is 0 Å². The van der Waals surface area contributed by atoms with Gasteiger partial charge in [-0.15, -0.1) is 0 Å². The van der Waals surface area contributed by atoms with Crippen molar-refractivity contribution in [3.05, 3.63) is 11.6 Å². The van der Waals surface area contributed by atoms with Crippen LogP contribution in [0.5, 0.6) is 0 Å². The molecule has 0 heterocycles. The normalized spacial score (nSPS) is 34.1. The predicted octanol–water partition coefficient (Wildman–Crippen LogP) is 3.20. The summed E-state index contributed by atoms with van der Waals surface area (Å²) in [6.07, 6.45) is 6.93. The summed E-state index contributed by atoms with van der Waals surface area (Å²) in [4.78, 5) is 10.9. The summed E-state index contributed by atoms with van der Waals surface area (Å²) in [7, 11) is 0. The lowest BCUT2D eigenvalue weighted by atomic mass is 9.73. The number of hydrogen-bond donors (Lipinski definition) is 0. The van der Waals surface area contributed by atoms with E-state index in [9.17, 15) is 4.79 Å². The first-order valence-corrected chi connectivity index (χ1v) is 5.31. The zero-order valence-corrected chi connectivity index (χ0v) is 8.92. The Morgan fingerprint density at radius 1 is 1.62 bits per heavy atom. The molecule has 1 aliphatic rings. The molecular weight excluding hydrogens is 160 g/mol. The predicted molar refractivity (Wildman–Crippen MR) is 55.5 cm³/mol. The topological polar surface area (TPSA) is 17.1 Å². The van der Waals surface area contributed by atoms with Crippen molar-refractivity contribution in [1.29, 1.82) is 0 Å². The smallest absolute Gasteiger partial charge is 0.123 e. The van der Waals surface area contributed by atoms with E-state index < -0.39 is 0 Å². The van der Waals surface area contributed by atoms with Crippen LogP contribution < -0.4 is 0 Å². The van der Waals surface area contributed by atoms with Crippen molar-refractivity contribution in [3.63, 3.8) is 0 Å². The van der Waals surface area contributed by atoms with Gasteiger partial charge < -0.3 is 4.79 Å². The van der Waals surface area contributed by atoms with E-state index in [1.54, 1.807) is 0 Å². The molecular formula is C12H20O. The second-order valence-electron chi connectivity index (χ2n) is 4.34. The van der Waals surface area contributed by atoms with Gasteiger partial charge in [0.15, 0.2) is 0 Å². The van der Waals surface area contributed by atoms with Crippen LogP contribution in [0.1, 0.15) is 40.0 Å². The number of allylic oxidation sites excluding steroid dienone is 2. The van der Waals surface area contributed by atoms with Crippen LogP contribution in [-0.2, 0) is 4.79 Å². The van der Waals surface area contributed by atoms with Gasteiger partial charge in [0, 0.05) is 5.92 Å². The highest BCUT2D eigenvalue weighted by Crippen LogP contribution is 2.34. The molecule has 0 spiro atoms. The standard InChI is InChI=1S/C12H20O/c1-4-5-11-7-9(2)6-10(3)12(11)8-13/h6,8,10-12H,4-5,7H2,1-3H3/t10-,11+,12+/m1/s1. The molecule has 0 bridgehead atoms. The van der Waals surface area contributed by atoms with Crippen molar-refractivity contribution in [2.45, 2.75) is 40.0 Å². The lowest BCUT2D eigenvalue weighted by Gasteiger charge is -2.31. The van der Waals surface area contributed by atoms with Crippen molar-refractivity contribution in [2.75, 3.05) is 0 Å². The summed E-state index contributed by atoms with van der Waals surface area (Å²) < 4.78 is 0. The third-order valence-corrected chi connectivity index (χ3v) is 3.10. The Kier molecular flexibility index (Phi) is 3.71. The molecule has 0 aliphatic heterocycles. The largest absolute Gasteiger partial charge is 0.303 e. The number of carbonyl (C=O) groups excluding carboxylic acids is 1. The average molecular weight is 180 g/mol. The zero-order valence-electron chi connectivity index (χ0n) is 8.92. The van der Waals surface area contributed by atoms with Crippen LogP contribution >= 0.6 is 0 Å². The second kappa shape index (κ2) is 4.59. The number of aldehydes is 1. The maximum Gasteiger partial charge on any atom is 0.123 e. The molecule has 1 rings (SSSR count). The van der Waals surface area contributed by atoms with Gasteiger partial charge in [-0.2, -0.15) is 0 Å². The quantitative estimate of drug-likeness (QED) is 0.481. The molecule has 3 atom stereocenters. The van der Waals surface area contributed by atoms with E-state index in [2.05, 4.69) is 26.8 Å². The first kappa shape index (κ1) is 10.5. The monoisotopic (exact) mass is 180 g/mol. The van der Waals surface area contributed by atoms with E-state index in [4.69, 9.17) is 0 Å². The van der Waals surface area contributed by atoms with Crippen molar-refractivity contribution < 1.29 is 4.79 Å². The van der Waals surface area contributed by atoms with Crippen LogP contribution in [0.25, 0.3) is 0 Å². The molecule has 0 radical (unpaired) electrons. The second-order valence-corrected chi connectivity index (χ2v) is 4.34. The molecule has 0 aromatic rings. The first-order chi connectivity index (χ1) is 6.19. The zero-order chi connectivity index (χ0) is 9.84. The van der Waals surface area contributed by atoms with Gasteiger partial charge in [-0.05, 0) is 31.6 Å². The third-order valence-electron chi connectivity index (χ3n) is 3.10. The van der Waals surface area contributed by atoms with E-state index in [0.717, 1.165) is 12.7 Å². The van der Waals surface area contributed by atoms with Gasteiger partial charge in [0.2, 0.25) is 0 Å². The van der Waals surface area contributed by atoms with Gasteiger partial charge >= 0.3 is 0 Å². The molecule has 0 saturated carbocycles. The van der Waals surface area contributed by atoms with Gasteiger partial charge in [0.25, 0.3) is 0 Å². The Hall–Kier alpha value is -0.590. The maximum absolute atomic E-state index is 10.9. The SMILES string of the molecule is CCC[C@H]1CC(C)=C[C@@H](C)[C@@H]1C=O. The minimum absolute atomic E-state index is 0.267. The highest BCUT2D eigenvalue weighted by atomic mass is 16.1. The Morgan fingerprint density at radius 3 is 2.85 bits per heavy atom. The summed E-state index contributed by atoms with van der Waals surface area (Å²) in [6, 6.07) is 0. The van der Waals surface area contributed by atoms with Gasteiger partial charge in [0.05, 0.1) is 0 Å². The van der Waals surface area contributed by atoms with Crippen LogP contribution in [0.15, 0.2) is 11.6 Å². The molecule has 1 heteroatoms. The highest BCUT2D eigenvalue weighted by molar-refractivity contribution is 5.56. The Labute approximate surface area is 81.2 Å². The van der Waals surface area contributed by atoms with E-state index in [1.807, 2.05) is 0 Å². The fourth-order valence-corrected chi connectivity index (χ4v) is 2.51. The number of hydrogen-bond acceptors (Lipinski definition) is 1. The van der Waals surface area contributed by atoms with Crippen LogP contribution in [0, 0.1) is 17.8 Å².